The van der Waals surface area contributed by atoms with E-state index in [1.54, 1.807) is 0 Å². The molecule has 2 aliphatic rings. The number of aliphatic hydroxyl groups excluding tert-OH is 1. The van der Waals surface area contributed by atoms with Gasteiger partial charge in [0.1, 0.15) is 0 Å². The third kappa shape index (κ3) is 14.1. The summed E-state index contributed by atoms with van der Waals surface area (Å²) in [5.41, 5.74) is 0.996. The minimum Gasteiger partial charge on any atom is -0.390 e. The number of rotatable bonds is 13. The summed E-state index contributed by atoms with van der Waals surface area (Å²) in [4.78, 5) is 38.2. The van der Waals surface area contributed by atoms with Crippen LogP contribution in [0.3, 0.4) is 0 Å². The van der Waals surface area contributed by atoms with E-state index in [0.29, 0.717) is 37.3 Å². The van der Waals surface area contributed by atoms with E-state index in [2.05, 4.69) is 20.9 Å². The van der Waals surface area contributed by atoms with Crippen LogP contribution in [0.25, 0.3) is 0 Å². The quantitative estimate of drug-likeness (QED) is 0.260. The van der Waals surface area contributed by atoms with Crippen LogP contribution in [0.15, 0.2) is 30.3 Å². The van der Waals surface area contributed by atoms with Crippen LogP contribution < -0.4 is 16.0 Å². The number of carbonyl (C=O) groups excluding carboxylic acids is 3. The predicted molar refractivity (Wildman–Crippen MR) is 169 cm³/mol. The summed E-state index contributed by atoms with van der Waals surface area (Å²) in [6, 6.07) is 8.93. The number of nitrogens with one attached hydrogen (secondary N) is 3. The second-order valence-electron chi connectivity index (χ2n) is 11.6. The van der Waals surface area contributed by atoms with Crippen molar-refractivity contribution >= 4 is 18.2 Å². The molecule has 1 aliphatic carbocycles. The minimum atomic E-state index is -0.866. The molecule has 0 radical (unpaired) electrons. The zero-order valence-electron chi connectivity index (χ0n) is 27.1. The Morgan fingerprint density at radius 2 is 1.69 bits per heavy atom. The fraction of sp³-hybridized carbons (Fsp3) is 0.727. The van der Waals surface area contributed by atoms with E-state index in [4.69, 9.17) is 4.74 Å². The summed E-state index contributed by atoms with van der Waals surface area (Å²) in [6.07, 6.45) is 6.06. The van der Waals surface area contributed by atoms with Gasteiger partial charge in [-0.15, -0.1) is 0 Å². The normalized spacial score (nSPS) is 21.4. The van der Waals surface area contributed by atoms with Crippen LogP contribution in [-0.2, 0) is 25.5 Å². The second-order valence-corrected chi connectivity index (χ2v) is 11.6. The number of benzene rings is 1. The minimum absolute atomic E-state index is 0.0186. The van der Waals surface area contributed by atoms with E-state index in [9.17, 15) is 19.5 Å². The second kappa shape index (κ2) is 21.2. The van der Waals surface area contributed by atoms with Gasteiger partial charge in [0.2, 0.25) is 18.2 Å². The number of piperidine rings is 1. The first kappa shape index (κ1) is 37.5. The molecule has 1 heterocycles. The molecular weight excluding hydrogens is 532 g/mol. The highest BCUT2D eigenvalue weighted by Gasteiger charge is 2.41. The molecule has 1 saturated carbocycles. The summed E-state index contributed by atoms with van der Waals surface area (Å²) in [5, 5.41) is 19.6. The molecule has 9 heteroatoms. The highest BCUT2D eigenvalue weighted by atomic mass is 16.5. The molecule has 0 bridgehead atoms. The van der Waals surface area contributed by atoms with Crippen molar-refractivity contribution in [2.75, 3.05) is 26.2 Å². The number of hydrogen-bond donors (Lipinski definition) is 4. The smallest absolute Gasteiger partial charge is 0.239 e. The summed E-state index contributed by atoms with van der Waals surface area (Å²) in [7, 11) is 0. The number of fused-ring (bicyclic) bond motifs is 1. The molecule has 0 spiro atoms. The Kier molecular flexibility index (Phi) is 19.0. The molecular formula is C33H58N4O5. The molecule has 240 valence electrons. The summed E-state index contributed by atoms with van der Waals surface area (Å²) >= 11 is 0. The number of hydrogen-bond acceptors (Lipinski definition) is 6. The number of likely N-dealkylation sites (tertiary alicyclic amines) is 1. The van der Waals surface area contributed by atoms with Gasteiger partial charge in [-0.25, -0.2) is 0 Å². The first-order valence-electron chi connectivity index (χ1n) is 16.0. The molecule has 4 N–H and O–H groups in total. The Balaban J connectivity index is 0.000000979. The van der Waals surface area contributed by atoms with E-state index in [0.717, 1.165) is 31.6 Å². The third-order valence-electron chi connectivity index (χ3n) is 7.61. The van der Waals surface area contributed by atoms with Gasteiger partial charge in [0.25, 0.3) is 0 Å². The van der Waals surface area contributed by atoms with Crippen molar-refractivity contribution in [2.24, 2.45) is 11.8 Å². The Morgan fingerprint density at radius 1 is 1.05 bits per heavy atom. The van der Waals surface area contributed by atoms with Gasteiger partial charge < -0.3 is 25.8 Å². The summed E-state index contributed by atoms with van der Waals surface area (Å²) < 4.78 is 5.04. The largest absolute Gasteiger partial charge is 0.390 e. The Bertz CT molecular complexity index is 882. The molecule has 3 rings (SSSR count). The topological polar surface area (TPSA) is 120 Å². The van der Waals surface area contributed by atoms with Crippen LogP contribution in [-0.4, -0.2) is 84.8 Å². The number of β-amino-alcohol motifs (C(OH)–C–C–N with tert-alkyl or cyclic N) is 1. The van der Waals surface area contributed by atoms with Crippen LogP contribution in [0.5, 0.6) is 0 Å². The Hall–Kier alpha value is -2.49. The van der Waals surface area contributed by atoms with E-state index in [1.165, 1.54) is 19.3 Å². The van der Waals surface area contributed by atoms with Crippen LogP contribution in [0.4, 0.5) is 0 Å². The van der Waals surface area contributed by atoms with Crippen molar-refractivity contribution in [3.05, 3.63) is 35.9 Å². The lowest BCUT2D eigenvalue weighted by molar-refractivity contribution is -0.132. The van der Waals surface area contributed by atoms with Gasteiger partial charge in [-0.05, 0) is 71.3 Å². The standard InChI is InChI=1S/C26H40N4O4.C5H12O.C2H6/c1-18(2)28-26(34)23-13-20-10-6-7-11-21(20)15-30(23)16-24(32)22(29-25(33)14-27-17-31)12-19-8-4-3-5-9-19;1-4-6-5(2)3;1-2/h3-5,8-9,17-18,20-24,32H,6-7,10-16H2,1-2H3,(H,27,31)(H,28,34)(H,29,33);5H,4H2,1-3H3;1-2H3. The van der Waals surface area contributed by atoms with Crippen molar-refractivity contribution in [1.82, 2.24) is 20.9 Å². The zero-order valence-corrected chi connectivity index (χ0v) is 27.1. The van der Waals surface area contributed by atoms with Gasteiger partial charge in [-0.3, -0.25) is 19.3 Å². The number of carbonyl (C=O) groups is 3. The fourth-order valence-electron chi connectivity index (χ4n) is 5.80. The highest BCUT2D eigenvalue weighted by Crippen LogP contribution is 2.38. The van der Waals surface area contributed by atoms with Crippen molar-refractivity contribution in [1.29, 1.82) is 0 Å². The highest BCUT2D eigenvalue weighted by molar-refractivity contribution is 5.82. The lowest BCUT2D eigenvalue weighted by atomic mass is 9.72. The van der Waals surface area contributed by atoms with Gasteiger partial charge in [0.05, 0.1) is 30.8 Å². The van der Waals surface area contributed by atoms with Gasteiger partial charge in [0.15, 0.2) is 0 Å². The molecule has 2 fully saturated rings. The molecule has 5 unspecified atom stereocenters. The number of nitrogens with zero attached hydrogens (tertiary/aromatic N) is 1. The maximum absolute atomic E-state index is 13.1. The lowest BCUT2D eigenvalue weighted by Crippen LogP contribution is -2.59. The van der Waals surface area contributed by atoms with E-state index in [-0.39, 0.29) is 30.4 Å². The Labute approximate surface area is 254 Å². The monoisotopic (exact) mass is 590 g/mol. The molecule has 5 atom stereocenters. The van der Waals surface area contributed by atoms with Gasteiger partial charge >= 0.3 is 0 Å². The summed E-state index contributed by atoms with van der Waals surface area (Å²) in [6.45, 7) is 15.8. The summed E-state index contributed by atoms with van der Waals surface area (Å²) in [5.74, 6) is 0.763. The molecule has 1 aromatic carbocycles. The zero-order chi connectivity index (χ0) is 31.5. The number of ether oxygens (including phenoxy) is 1. The Morgan fingerprint density at radius 3 is 2.24 bits per heavy atom. The molecule has 1 aliphatic heterocycles. The van der Waals surface area contributed by atoms with E-state index in [1.807, 2.05) is 78.8 Å². The predicted octanol–water partition coefficient (Wildman–Crippen LogP) is 3.68. The van der Waals surface area contributed by atoms with Crippen molar-refractivity contribution in [2.45, 2.75) is 117 Å². The molecule has 0 aromatic heterocycles. The van der Waals surface area contributed by atoms with Crippen LogP contribution in [0, 0.1) is 11.8 Å². The maximum Gasteiger partial charge on any atom is 0.239 e. The molecule has 3 amide bonds. The SMILES string of the molecule is CC.CC(C)NC(=O)C1CC2CCCCC2CN1CC(O)C(Cc1ccccc1)NC(=O)CNC=O.CCOC(C)C. The van der Waals surface area contributed by atoms with Gasteiger partial charge in [-0.1, -0.05) is 63.4 Å². The van der Waals surface area contributed by atoms with E-state index < -0.39 is 12.1 Å². The lowest BCUT2D eigenvalue weighted by Gasteiger charge is -2.46. The van der Waals surface area contributed by atoms with Gasteiger partial charge in [0, 0.05) is 25.7 Å². The van der Waals surface area contributed by atoms with Crippen molar-refractivity contribution in [3.8, 4) is 0 Å². The van der Waals surface area contributed by atoms with Crippen molar-refractivity contribution in [3.63, 3.8) is 0 Å². The molecule has 1 aromatic rings. The molecule has 42 heavy (non-hydrogen) atoms. The van der Waals surface area contributed by atoms with Crippen LogP contribution in [0.1, 0.15) is 86.1 Å². The maximum atomic E-state index is 13.1. The fourth-order valence-corrected chi connectivity index (χ4v) is 5.80. The first-order chi connectivity index (χ1) is 20.1. The average Bonchev–Trinajstić information content (AvgIpc) is 2.96. The first-order valence-corrected chi connectivity index (χ1v) is 16.0. The average molecular weight is 591 g/mol. The number of aliphatic hydroxyl groups is 1. The molecule has 9 nitrogen and oxygen atoms in total. The van der Waals surface area contributed by atoms with Crippen LogP contribution >= 0.6 is 0 Å². The molecule has 1 saturated heterocycles. The van der Waals surface area contributed by atoms with Crippen molar-refractivity contribution < 1.29 is 24.2 Å². The van der Waals surface area contributed by atoms with E-state index >= 15 is 0 Å². The van der Waals surface area contributed by atoms with Gasteiger partial charge in [-0.2, -0.15) is 0 Å². The number of amides is 3. The third-order valence-corrected chi connectivity index (χ3v) is 7.61. The van der Waals surface area contributed by atoms with Crippen LogP contribution in [0.2, 0.25) is 0 Å².